The van der Waals surface area contributed by atoms with Crippen molar-refractivity contribution in [2.24, 2.45) is 0 Å². The van der Waals surface area contributed by atoms with Crippen LogP contribution < -0.4 is 10.1 Å². The first-order chi connectivity index (χ1) is 12.7. The van der Waals surface area contributed by atoms with Gasteiger partial charge in [-0.05, 0) is 48.9 Å². The van der Waals surface area contributed by atoms with Crippen LogP contribution in [0.3, 0.4) is 0 Å². The molecule has 1 aliphatic heterocycles. The lowest BCUT2D eigenvalue weighted by Crippen LogP contribution is -2.24. The van der Waals surface area contributed by atoms with Crippen molar-refractivity contribution in [1.29, 1.82) is 0 Å². The van der Waals surface area contributed by atoms with Crippen molar-refractivity contribution in [3.63, 3.8) is 0 Å². The summed E-state index contributed by atoms with van der Waals surface area (Å²) in [4.78, 5) is 12.3. The molecule has 1 N–H and O–H groups in total. The molecule has 26 heavy (non-hydrogen) atoms. The van der Waals surface area contributed by atoms with Crippen LogP contribution in [0, 0.1) is 5.82 Å². The number of nitrogens with zero attached hydrogens (tertiary/aromatic N) is 2. The third-order valence-corrected chi connectivity index (χ3v) is 4.46. The highest BCUT2D eigenvalue weighted by Crippen LogP contribution is 2.38. The summed E-state index contributed by atoms with van der Waals surface area (Å²) in [5.74, 6) is 0.911. The van der Waals surface area contributed by atoms with E-state index in [-0.39, 0.29) is 17.6 Å². The van der Waals surface area contributed by atoms with E-state index in [0.29, 0.717) is 24.5 Å². The summed E-state index contributed by atoms with van der Waals surface area (Å²) >= 11 is 0. The number of hydrogen-bond donors (Lipinski definition) is 1. The summed E-state index contributed by atoms with van der Waals surface area (Å²) in [6.07, 6.45) is 2.10. The molecule has 0 saturated heterocycles. The minimum atomic E-state index is -0.315. The highest BCUT2D eigenvalue weighted by molar-refractivity contribution is 5.94. The van der Waals surface area contributed by atoms with Crippen molar-refractivity contribution < 1.29 is 13.9 Å². The van der Waals surface area contributed by atoms with Gasteiger partial charge in [-0.25, -0.2) is 9.07 Å². The van der Waals surface area contributed by atoms with Crippen molar-refractivity contribution in [3.05, 3.63) is 71.7 Å². The number of hydrogen-bond acceptors (Lipinski definition) is 3. The average molecular weight is 351 g/mol. The zero-order chi connectivity index (χ0) is 18.1. The van der Waals surface area contributed by atoms with Crippen LogP contribution in [-0.4, -0.2) is 22.3 Å². The third-order valence-electron chi connectivity index (χ3n) is 4.46. The number of anilines is 1. The summed E-state index contributed by atoms with van der Waals surface area (Å²) in [7, 11) is 0. The largest absolute Gasteiger partial charge is 0.494 e. The molecular formula is C20H18FN3O2. The van der Waals surface area contributed by atoms with E-state index in [2.05, 4.69) is 10.4 Å². The highest BCUT2D eigenvalue weighted by Gasteiger charge is 2.30. The predicted molar refractivity (Wildman–Crippen MR) is 96.2 cm³/mol. The van der Waals surface area contributed by atoms with E-state index in [4.69, 9.17) is 4.74 Å². The molecule has 2 heterocycles. The molecule has 1 atom stereocenters. The Labute approximate surface area is 150 Å². The first-order valence-electron chi connectivity index (χ1n) is 8.52. The fourth-order valence-electron chi connectivity index (χ4n) is 3.28. The molecule has 3 aromatic rings. The maximum Gasteiger partial charge on any atom is 0.226 e. The van der Waals surface area contributed by atoms with Crippen molar-refractivity contribution in [1.82, 2.24) is 9.78 Å². The molecule has 1 aliphatic rings. The Balaban J connectivity index is 1.76. The Morgan fingerprint density at radius 2 is 2.08 bits per heavy atom. The summed E-state index contributed by atoms with van der Waals surface area (Å²) < 4.78 is 20.4. The SMILES string of the molecule is CCOc1cccc([C@@H]2CC(=O)Nc3c2cnn3-c2ccc(F)cc2)c1. The van der Waals surface area contributed by atoms with Gasteiger partial charge in [0.05, 0.1) is 18.5 Å². The molecule has 6 heteroatoms. The normalized spacial score (nSPS) is 16.1. The van der Waals surface area contributed by atoms with Crippen molar-refractivity contribution in [2.45, 2.75) is 19.3 Å². The lowest BCUT2D eigenvalue weighted by molar-refractivity contribution is -0.116. The second kappa shape index (κ2) is 6.63. The molecule has 0 bridgehead atoms. The van der Waals surface area contributed by atoms with Gasteiger partial charge in [-0.1, -0.05) is 12.1 Å². The van der Waals surface area contributed by atoms with E-state index in [0.717, 1.165) is 16.9 Å². The second-order valence-electron chi connectivity index (χ2n) is 6.15. The Bertz CT molecular complexity index is 950. The zero-order valence-electron chi connectivity index (χ0n) is 14.3. The van der Waals surface area contributed by atoms with Gasteiger partial charge in [0.15, 0.2) is 0 Å². The van der Waals surface area contributed by atoms with Gasteiger partial charge in [0.1, 0.15) is 17.4 Å². The Morgan fingerprint density at radius 1 is 1.27 bits per heavy atom. The number of rotatable bonds is 4. The lowest BCUT2D eigenvalue weighted by atomic mass is 9.87. The minimum absolute atomic E-state index is 0.0758. The quantitative estimate of drug-likeness (QED) is 0.776. The fraction of sp³-hybridized carbons (Fsp3) is 0.200. The molecular weight excluding hydrogens is 333 g/mol. The van der Waals surface area contributed by atoms with Gasteiger partial charge >= 0.3 is 0 Å². The van der Waals surface area contributed by atoms with Gasteiger partial charge in [0, 0.05) is 17.9 Å². The molecule has 0 fully saturated rings. The highest BCUT2D eigenvalue weighted by atomic mass is 19.1. The van der Waals surface area contributed by atoms with Crippen LogP contribution in [0.25, 0.3) is 5.69 Å². The Hall–Kier alpha value is -3.15. The second-order valence-corrected chi connectivity index (χ2v) is 6.15. The van der Waals surface area contributed by atoms with Crippen LogP contribution in [0.15, 0.2) is 54.7 Å². The topological polar surface area (TPSA) is 56.1 Å². The monoisotopic (exact) mass is 351 g/mol. The van der Waals surface area contributed by atoms with Crippen LogP contribution in [0.1, 0.15) is 30.4 Å². The van der Waals surface area contributed by atoms with Crippen LogP contribution in [0.4, 0.5) is 10.2 Å². The van der Waals surface area contributed by atoms with Crippen LogP contribution in [0.2, 0.25) is 0 Å². The third kappa shape index (κ3) is 2.94. The van der Waals surface area contributed by atoms with E-state index in [9.17, 15) is 9.18 Å². The molecule has 0 saturated carbocycles. The number of amides is 1. The van der Waals surface area contributed by atoms with E-state index in [1.54, 1.807) is 23.0 Å². The molecule has 2 aromatic carbocycles. The molecule has 0 unspecified atom stereocenters. The van der Waals surface area contributed by atoms with E-state index >= 15 is 0 Å². The molecule has 0 radical (unpaired) electrons. The summed E-state index contributed by atoms with van der Waals surface area (Å²) in [6, 6.07) is 13.8. The number of aromatic nitrogens is 2. The number of carbonyl (C=O) groups is 1. The first-order valence-corrected chi connectivity index (χ1v) is 8.52. The maximum absolute atomic E-state index is 13.2. The number of ether oxygens (including phenoxy) is 1. The first kappa shape index (κ1) is 16.3. The van der Waals surface area contributed by atoms with Gasteiger partial charge < -0.3 is 10.1 Å². The van der Waals surface area contributed by atoms with Gasteiger partial charge in [0.2, 0.25) is 5.91 Å². The van der Waals surface area contributed by atoms with Crippen molar-refractivity contribution in [3.8, 4) is 11.4 Å². The number of nitrogens with one attached hydrogen (secondary N) is 1. The number of carbonyl (C=O) groups excluding carboxylic acids is 1. The van der Waals surface area contributed by atoms with Gasteiger partial charge in [-0.15, -0.1) is 0 Å². The number of fused-ring (bicyclic) bond motifs is 1. The molecule has 0 aliphatic carbocycles. The van der Waals surface area contributed by atoms with E-state index in [1.165, 1.54) is 12.1 Å². The van der Waals surface area contributed by atoms with Gasteiger partial charge in [-0.2, -0.15) is 5.10 Å². The van der Waals surface area contributed by atoms with Crippen LogP contribution in [0.5, 0.6) is 5.75 Å². The summed E-state index contributed by atoms with van der Waals surface area (Å²) in [6.45, 7) is 2.52. The summed E-state index contributed by atoms with van der Waals surface area (Å²) in [5.41, 5.74) is 2.63. The Morgan fingerprint density at radius 3 is 2.85 bits per heavy atom. The number of benzene rings is 2. The smallest absolute Gasteiger partial charge is 0.226 e. The van der Waals surface area contributed by atoms with Crippen molar-refractivity contribution in [2.75, 3.05) is 11.9 Å². The molecule has 1 aromatic heterocycles. The van der Waals surface area contributed by atoms with Crippen molar-refractivity contribution >= 4 is 11.7 Å². The van der Waals surface area contributed by atoms with Gasteiger partial charge in [0.25, 0.3) is 0 Å². The maximum atomic E-state index is 13.2. The molecule has 132 valence electrons. The molecule has 1 amide bonds. The predicted octanol–water partition coefficient (Wildman–Crippen LogP) is 3.88. The Kier molecular flexibility index (Phi) is 4.16. The molecule has 5 nitrogen and oxygen atoms in total. The number of halogens is 1. The zero-order valence-corrected chi connectivity index (χ0v) is 14.3. The standard InChI is InChI=1S/C20H18FN3O2/c1-2-26-16-5-3-4-13(10-16)17-11-19(25)23-20-18(17)12-22-24(20)15-8-6-14(21)7-9-15/h3-10,12,17H,2,11H2,1H3,(H,23,25)/t17-/m0/s1. The minimum Gasteiger partial charge on any atom is -0.494 e. The van der Waals surface area contributed by atoms with Gasteiger partial charge in [-0.3, -0.25) is 4.79 Å². The van der Waals surface area contributed by atoms with Crippen LogP contribution in [-0.2, 0) is 4.79 Å². The molecule has 0 spiro atoms. The van der Waals surface area contributed by atoms with Crippen LogP contribution >= 0.6 is 0 Å². The lowest BCUT2D eigenvalue weighted by Gasteiger charge is -2.24. The average Bonchev–Trinajstić information content (AvgIpc) is 3.06. The summed E-state index contributed by atoms with van der Waals surface area (Å²) in [5, 5.41) is 7.31. The fourth-order valence-corrected chi connectivity index (χ4v) is 3.28. The van der Waals surface area contributed by atoms with E-state index < -0.39 is 0 Å². The van der Waals surface area contributed by atoms with E-state index in [1.807, 2.05) is 31.2 Å². The molecule has 4 rings (SSSR count).